The highest BCUT2D eigenvalue weighted by atomic mass is 79.9. The van der Waals surface area contributed by atoms with E-state index in [0.717, 1.165) is 38.6 Å². The van der Waals surface area contributed by atoms with Crippen molar-refractivity contribution >= 4 is 53.5 Å². The summed E-state index contributed by atoms with van der Waals surface area (Å²) in [4.78, 5) is 0. The number of halogens is 3. The minimum absolute atomic E-state index is 0.360. The van der Waals surface area contributed by atoms with Gasteiger partial charge in [-0.3, -0.25) is 0 Å². The molecule has 2 atom stereocenters. The quantitative estimate of drug-likeness (QED) is 0.641. The van der Waals surface area contributed by atoms with E-state index < -0.39 is 0 Å². The molecule has 1 aliphatic rings. The van der Waals surface area contributed by atoms with Crippen LogP contribution in [0.5, 0.6) is 0 Å². The Morgan fingerprint density at radius 3 is 2.42 bits per heavy atom. The van der Waals surface area contributed by atoms with E-state index in [1.807, 2.05) is 0 Å². The van der Waals surface area contributed by atoms with Crippen LogP contribution in [0.25, 0.3) is 0 Å². The van der Waals surface area contributed by atoms with Gasteiger partial charge in [0.25, 0.3) is 0 Å². The molecule has 1 heterocycles. The van der Waals surface area contributed by atoms with Crippen molar-refractivity contribution in [3.8, 4) is 0 Å². The molecule has 1 saturated heterocycles. The van der Waals surface area contributed by atoms with E-state index in [0.29, 0.717) is 18.1 Å². The second kappa shape index (κ2) is 6.92. The molecule has 0 aromatic heterocycles. The fraction of sp³-hybridized carbons (Fsp3) is 0.571. The Kier molecular flexibility index (Phi) is 5.76. The summed E-state index contributed by atoms with van der Waals surface area (Å²) in [6, 6.07) is 4.59. The van der Waals surface area contributed by atoms with Gasteiger partial charge >= 0.3 is 0 Å². The van der Waals surface area contributed by atoms with Crippen LogP contribution >= 0.6 is 47.8 Å². The van der Waals surface area contributed by atoms with Crippen molar-refractivity contribution in [2.45, 2.75) is 38.8 Å². The number of nitrogens with one attached hydrogen (secondary N) is 1. The number of rotatable bonds is 3. The first-order valence-corrected chi connectivity index (χ1v) is 8.88. The van der Waals surface area contributed by atoms with Gasteiger partial charge in [-0.05, 0) is 62.8 Å². The minimum atomic E-state index is 0.360. The van der Waals surface area contributed by atoms with Crippen molar-refractivity contribution in [1.82, 2.24) is 0 Å². The molecule has 0 radical (unpaired) electrons. The van der Waals surface area contributed by atoms with Gasteiger partial charge in [-0.15, -0.1) is 0 Å². The predicted molar refractivity (Wildman–Crippen MR) is 90.8 cm³/mol. The number of hydrogen-bond acceptors (Lipinski definition) is 2. The maximum Gasteiger partial charge on any atom is 0.0631 e. The molecule has 1 N–H and O–H groups in total. The molecule has 2 rings (SSSR count). The first-order chi connectivity index (χ1) is 8.97. The maximum absolute atomic E-state index is 5.82. The van der Waals surface area contributed by atoms with Crippen LogP contribution in [0.4, 0.5) is 5.69 Å². The van der Waals surface area contributed by atoms with Crippen LogP contribution in [0.2, 0.25) is 0 Å². The molecule has 1 fully saturated rings. The summed E-state index contributed by atoms with van der Waals surface area (Å²) in [6.07, 6.45) is 2.48. The van der Waals surface area contributed by atoms with E-state index in [2.05, 4.69) is 79.1 Å². The summed E-state index contributed by atoms with van der Waals surface area (Å²) in [5.41, 5.74) is 1.12. The van der Waals surface area contributed by atoms with Crippen molar-refractivity contribution in [3.63, 3.8) is 0 Å². The van der Waals surface area contributed by atoms with Gasteiger partial charge in [0.05, 0.1) is 11.8 Å². The lowest BCUT2D eigenvalue weighted by Gasteiger charge is -2.33. The normalized spacial score (nSPS) is 23.7. The summed E-state index contributed by atoms with van der Waals surface area (Å²) < 4.78 is 9.02. The Morgan fingerprint density at radius 2 is 1.84 bits per heavy atom. The van der Waals surface area contributed by atoms with Gasteiger partial charge in [-0.1, -0.05) is 29.8 Å². The Hall–Kier alpha value is 0.420. The Morgan fingerprint density at radius 1 is 1.21 bits per heavy atom. The first-order valence-electron chi connectivity index (χ1n) is 6.50. The van der Waals surface area contributed by atoms with Crippen LogP contribution in [0.3, 0.4) is 0 Å². The summed E-state index contributed by atoms with van der Waals surface area (Å²) >= 11 is 10.7. The van der Waals surface area contributed by atoms with E-state index in [1.165, 1.54) is 0 Å². The van der Waals surface area contributed by atoms with Crippen LogP contribution in [0.1, 0.15) is 26.7 Å². The SMILES string of the molecule is CC(C)C1CC(Nc2c(Br)cc(Br)cc2Br)CCO1. The highest BCUT2D eigenvalue weighted by molar-refractivity contribution is 9.11. The molecule has 0 bridgehead atoms. The van der Waals surface area contributed by atoms with Crippen LogP contribution in [-0.2, 0) is 4.74 Å². The van der Waals surface area contributed by atoms with Crippen LogP contribution < -0.4 is 5.32 Å². The zero-order valence-electron chi connectivity index (χ0n) is 11.1. The Balaban J connectivity index is 2.09. The number of benzene rings is 1. The summed E-state index contributed by atoms with van der Waals surface area (Å²) in [7, 11) is 0. The van der Waals surface area contributed by atoms with Gasteiger partial charge in [0.15, 0.2) is 0 Å². The van der Waals surface area contributed by atoms with E-state index in [9.17, 15) is 0 Å². The van der Waals surface area contributed by atoms with E-state index in [-0.39, 0.29) is 0 Å². The van der Waals surface area contributed by atoms with Gasteiger partial charge in [0, 0.05) is 26.1 Å². The lowest BCUT2D eigenvalue weighted by atomic mass is 9.95. The van der Waals surface area contributed by atoms with Crippen LogP contribution in [0, 0.1) is 5.92 Å². The maximum atomic E-state index is 5.82. The standard InChI is InChI=1S/C14H18Br3NO/c1-8(2)13-7-10(3-4-19-13)18-14-11(16)5-9(15)6-12(14)17/h5-6,8,10,13,18H,3-4,7H2,1-2H3. The Bertz CT molecular complexity index is 427. The van der Waals surface area contributed by atoms with Crippen molar-refractivity contribution in [3.05, 3.63) is 25.6 Å². The number of hydrogen-bond donors (Lipinski definition) is 1. The van der Waals surface area contributed by atoms with Gasteiger partial charge in [-0.25, -0.2) is 0 Å². The number of ether oxygens (including phenoxy) is 1. The molecule has 0 spiro atoms. The Labute approximate surface area is 140 Å². The lowest BCUT2D eigenvalue weighted by Crippen LogP contribution is -2.36. The second-order valence-electron chi connectivity index (χ2n) is 5.26. The molecule has 106 valence electrons. The molecular weight excluding hydrogens is 438 g/mol. The third kappa shape index (κ3) is 4.19. The topological polar surface area (TPSA) is 21.3 Å². The average molecular weight is 456 g/mol. The average Bonchev–Trinajstić information content (AvgIpc) is 2.34. The second-order valence-corrected chi connectivity index (χ2v) is 7.89. The molecule has 1 aliphatic heterocycles. The molecule has 1 aromatic rings. The minimum Gasteiger partial charge on any atom is -0.380 e. The highest BCUT2D eigenvalue weighted by Gasteiger charge is 2.25. The molecule has 0 amide bonds. The fourth-order valence-electron chi connectivity index (χ4n) is 2.31. The summed E-state index contributed by atoms with van der Waals surface area (Å²) in [6.45, 7) is 5.28. The van der Waals surface area contributed by atoms with Gasteiger partial charge in [0.2, 0.25) is 0 Å². The van der Waals surface area contributed by atoms with E-state index >= 15 is 0 Å². The predicted octanol–water partition coefficient (Wildman–Crippen LogP) is 5.59. The fourth-order valence-corrected chi connectivity index (χ4v) is 4.80. The van der Waals surface area contributed by atoms with Gasteiger partial charge in [0.1, 0.15) is 0 Å². The molecular formula is C14H18Br3NO. The largest absolute Gasteiger partial charge is 0.380 e. The summed E-state index contributed by atoms with van der Waals surface area (Å²) in [5, 5.41) is 3.63. The first kappa shape index (κ1) is 15.8. The molecule has 19 heavy (non-hydrogen) atoms. The molecule has 0 saturated carbocycles. The van der Waals surface area contributed by atoms with Crippen molar-refractivity contribution < 1.29 is 4.74 Å². The van der Waals surface area contributed by atoms with E-state index in [4.69, 9.17) is 4.74 Å². The van der Waals surface area contributed by atoms with Gasteiger partial charge in [-0.2, -0.15) is 0 Å². The molecule has 0 aliphatic carbocycles. The lowest BCUT2D eigenvalue weighted by molar-refractivity contribution is -0.0160. The molecule has 2 unspecified atom stereocenters. The van der Waals surface area contributed by atoms with Crippen LogP contribution in [0.15, 0.2) is 25.6 Å². The summed E-state index contributed by atoms with van der Waals surface area (Å²) in [5.74, 6) is 0.571. The smallest absolute Gasteiger partial charge is 0.0631 e. The van der Waals surface area contributed by atoms with E-state index in [1.54, 1.807) is 0 Å². The molecule has 1 aromatic carbocycles. The zero-order valence-corrected chi connectivity index (χ0v) is 15.8. The van der Waals surface area contributed by atoms with Crippen molar-refractivity contribution in [2.75, 3.05) is 11.9 Å². The zero-order chi connectivity index (χ0) is 14.0. The number of anilines is 1. The highest BCUT2D eigenvalue weighted by Crippen LogP contribution is 2.36. The third-order valence-electron chi connectivity index (χ3n) is 3.41. The van der Waals surface area contributed by atoms with Crippen molar-refractivity contribution in [2.24, 2.45) is 5.92 Å². The van der Waals surface area contributed by atoms with Crippen LogP contribution in [-0.4, -0.2) is 18.8 Å². The molecule has 2 nitrogen and oxygen atoms in total. The van der Waals surface area contributed by atoms with Gasteiger partial charge < -0.3 is 10.1 Å². The monoisotopic (exact) mass is 453 g/mol. The van der Waals surface area contributed by atoms with Crippen molar-refractivity contribution in [1.29, 1.82) is 0 Å². The molecule has 5 heteroatoms. The third-order valence-corrected chi connectivity index (χ3v) is 5.12.